The summed E-state index contributed by atoms with van der Waals surface area (Å²) in [7, 11) is 0. The molecule has 2 aliphatic rings. The molecule has 40 heavy (non-hydrogen) atoms. The molecular formula is C31H33N3O6. The maximum Gasteiger partial charge on any atom is 0.295 e. The van der Waals surface area contributed by atoms with E-state index < -0.39 is 17.7 Å². The number of hydrogen-bond donors (Lipinski definition) is 1. The molecule has 2 aromatic carbocycles. The van der Waals surface area contributed by atoms with E-state index in [4.69, 9.17) is 14.2 Å². The molecule has 1 fully saturated rings. The number of carbonyl (C=O) groups excluding carboxylic acids is 2. The van der Waals surface area contributed by atoms with Gasteiger partial charge in [0.05, 0.1) is 24.5 Å². The lowest BCUT2D eigenvalue weighted by Gasteiger charge is -2.26. The molecule has 3 heterocycles. The van der Waals surface area contributed by atoms with Gasteiger partial charge in [-0.1, -0.05) is 18.7 Å². The van der Waals surface area contributed by atoms with Crippen LogP contribution in [0.3, 0.4) is 0 Å². The predicted octanol–water partition coefficient (Wildman–Crippen LogP) is 4.68. The molecule has 0 radical (unpaired) electrons. The number of hydrogen-bond acceptors (Lipinski definition) is 7. The maximum absolute atomic E-state index is 13.5. The Morgan fingerprint density at radius 2 is 2.02 bits per heavy atom. The molecule has 208 valence electrons. The van der Waals surface area contributed by atoms with Crippen LogP contribution >= 0.6 is 0 Å². The summed E-state index contributed by atoms with van der Waals surface area (Å²) in [5.41, 5.74) is 2.09. The Hall–Kier alpha value is -4.53. The largest absolute Gasteiger partial charge is 0.507 e. The monoisotopic (exact) mass is 543 g/mol. The summed E-state index contributed by atoms with van der Waals surface area (Å²) in [5, 5.41) is 11.5. The van der Waals surface area contributed by atoms with Crippen LogP contribution in [0.2, 0.25) is 0 Å². The van der Waals surface area contributed by atoms with Gasteiger partial charge in [-0.2, -0.15) is 0 Å². The maximum atomic E-state index is 13.5. The smallest absolute Gasteiger partial charge is 0.295 e. The molecular weight excluding hydrogens is 510 g/mol. The van der Waals surface area contributed by atoms with Crippen LogP contribution in [0.5, 0.6) is 17.2 Å². The number of ether oxygens (including phenoxy) is 3. The third-order valence-corrected chi connectivity index (χ3v) is 7.02. The second-order valence-electron chi connectivity index (χ2n) is 9.84. The van der Waals surface area contributed by atoms with E-state index in [0.717, 1.165) is 11.3 Å². The number of benzene rings is 2. The number of Topliss-reactive ketones (excluding diaryl/α,β-unsaturated/α-hetero) is 1. The fourth-order valence-electron chi connectivity index (χ4n) is 5.26. The van der Waals surface area contributed by atoms with E-state index in [1.807, 2.05) is 30.7 Å². The molecule has 0 aliphatic carbocycles. The first-order chi connectivity index (χ1) is 19.4. The summed E-state index contributed by atoms with van der Waals surface area (Å²) in [4.78, 5) is 32.5. The summed E-state index contributed by atoms with van der Waals surface area (Å²) in [5.74, 6) is 0.176. The Morgan fingerprint density at radius 3 is 2.77 bits per heavy atom. The normalized spacial score (nSPS) is 19.4. The van der Waals surface area contributed by atoms with Gasteiger partial charge in [-0.05, 0) is 61.7 Å². The number of imidazole rings is 1. The van der Waals surface area contributed by atoms with Gasteiger partial charge in [-0.25, -0.2) is 4.98 Å². The zero-order valence-corrected chi connectivity index (χ0v) is 22.7. The van der Waals surface area contributed by atoms with E-state index in [9.17, 15) is 14.7 Å². The van der Waals surface area contributed by atoms with Crippen molar-refractivity contribution in [2.75, 3.05) is 19.8 Å². The zero-order chi connectivity index (χ0) is 28.2. The Balaban J connectivity index is 1.56. The molecule has 1 N–H and O–H groups in total. The van der Waals surface area contributed by atoms with Crippen molar-refractivity contribution < 1.29 is 28.9 Å². The lowest BCUT2D eigenvalue weighted by Crippen LogP contribution is -2.31. The van der Waals surface area contributed by atoms with Crippen LogP contribution < -0.4 is 14.2 Å². The lowest BCUT2D eigenvalue weighted by atomic mass is 9.94. The summed E-state index contributed by atoms with van der Waals surface area (Å²) in [6.45, 7) is 9.16. The number of aliphatic hydroxyl groups excluding tert-OH is 1. The fourth-order valence-corrected chi connectivity index (χ4v) is 5.26. The molecule has 2 atom stereocenters. The number of amides is 1. The Bertz CT molecular complexity index is 1450. The third kappa shape index (κ3) is 5.32. The molecule has 3 aromatic rings. The van der Waals surface area contributed by atoms with Gasteiger partial charge < -0.3 is 28.8 Å². The second kappa shape index (κ2) is 11.7. The van der Waals surface area contributed by atoms with Gasteiger partial charge in [-0.3, -0.25) is 9.59 Å². The molecule has 0 bridgehead atoms. The van der Waals surface area contributed by atoms with Crippen LogP contribution in [0.25, 0.3) is 5.76 Å². The number of likely N-dealkylation sites (tertiary alicyclic amines) is 1. The summed E-state index contributed by atoms with van der Waals surface area (Å²) >= 11 is 0. The van der Waals surface area contributed by atoms with E-state index in [1.165, 1.54) is 4.90 Å². The minimum absolute atomic E-state index is 0.0345. The first kappa shape index (κ1) is 27.1. The second-order valence-corrected chi connectivity index (χ2v) is 9.84. The van der Waals surface area contributed by atoms with Gasteiger partial charge in [-0.15, -0.1) is 0 Å². The van der Waals surface area contributed by atoms with E-state index in [1.54, 1.807) is 48.9 Å². The van der Waals surface area contributed by atoms with Crippen LogP contribution in [0.1, 0.15) is 43.0 Å². The van der Waals surface area contributed by atoms with Gasteiger partial charge in [0, 0.05) is 37.5 Å². The van der Waals surface area contributed by atoms with Crippen molar-refractivity contribution in [3.8, 4) is 17.2 Å². The van der Waals surface area contributed by atoms with Crippen molar-refractivity contribution in [1.82, 2.24) is 14.5 Å². The van der Waals surface area contributed by atoms with E-state index in [0.29, 0.717) is 61.8 Å². The van der Waals surface area contributed by atoms with Crippen molar-refractivity contribution in [3.05, 3.63) is 90.0 Å². The van der Waals surface area contributed by atoms with Gasteiger partial charge in [0.2, 0.25) is 0 Å². The molecule has 1 aromatic heterocycles. The van der Waals surface area contributed by atoms with Crippen molar-refractivity contribution in [2.45, 2.75) is 45.4 Å². The van der Waals surface area contributed by atoms with Crippen molar-refractivity contribution in [2.24, 2.45) is 0 Å². The Morgan fingerprint density at radius 1 is 1.18 bits per heavy atom. The third-order valence-electron chi connectivity index (χ3n) is 7.02. The standard InChI is InChI=1S/C31H33N3O6/c1-4-15-39-25-10-7-21(18-26(25)38-5-2)28-27(29(35)22-8-9-24-23(17-22)16-20(3)40-24)30(36)31(37)34(28)13-6-12-33-14-11-32-19-33/h4,7-11,14,17-20,28,35H,1,5-6,12-13,15-16H2,2-3H3/t20-,28-/m1/s1. The number of aromatic nitrogens is 2. The van der Waals surface area contributed by atoms with Gasteiger partial charge in [0.1, 0.15) is 24.2 Å². The number of aliphatic hydroxyl groups is 1. The molecule has 1 amide bonds. The number of fused-ring (bicyclic) bond motifs is 1. The van der Waals surface area contributed by atoms with Crippen LogP contribution in [0.4, 0.5) is 0 Å². The van der Waals surface area contributed by atoms with Crippen LogP contribution in [-0.2, 0) is 22.6 Å². The molecule has 5 rings (SSSR count). The average molecular weight is 544 g/mol. The topological polar surface area (TPSA) is 103 Å². The number of aryl methyl sites for hydroxylation is 1. The molecule has 9 nitrogen and oxygen atoms in total. The van der Waals surface area contributed by atoms with Crippen LogP contribution in [0, 0.1) is 0 Å². The van der Waals surface area contributed by atoms with Gasteiger partial charge in [0.15, 0.2) is 11.5 Å². The van der Waals surface area contributed by atoms with Crippen molar-refractivity contribution in [1.29, 1.82) is 0 Å². The molecule has 0 unspecified atom stereocenters. The Kier molecular flexibility index (Phi) is 7.91. The van der Waals surface area contributed by atoms with Crippen molar-refractivity contribution in [3.63, 3.8) is 0 Å². The average Bonchev–Trinajstić information content (AvgIpc) is 3.66. The minimum atomic E-state index is -0.807. The fraction of sp³-hybridized carbons (Fsp3) is 0.323. The summed E-state index contributed by atoms with van der Waals surface area (Å²) in [6.07, 6.45) is 8.22. The highest BCUT2D eigenvalue weighted by Gasteiger charge is 2.46. The summed E-state index contributed by atoms with van der Waals surface area (Å²) < 4.78 is 19.3. The van der Waals surface area contributed by atoms with Crippen LogP contribution in [-0.4, -0.2) is 57.1 Å². The first-order valence-corrected chi connectivity index (χ1v) is 13.5. The predicted molar refractivity (Wildman–Crippen MR) is 149 cm³/mol. The van der Waals surface area contributed by atoms with Crippen molar-refractivity contribution >= 4 is 17.4 Å². The van der Waals surface area contributed by atoms with E-state index in [2.05, 4.69) is 11.6 Å². The van der Waals surface area contributed by atoms with Crippen LogP contribution in [0.15, 0.2) is 73.3 Å². The minimum Gasteiger partial charge on any atom is -0.507 e. The Labute approximate surface area is 233 Å². The summed E-state index contributed by atoms with van der Waals surface area (Å²) in [6, 6.07) is 9.85. The van der Waals surface area contributed by atoms with Gasteiger partial charge >= 0.3 is 0 Å². The quantitative estimate of drug-likeness (QED) is 0.162. The van der Waals surface area contributed by atoms with E-state index >= 15 is 0 Å². The first-order valence-electron chi connectivity index (χ1n) is 13.5. The number of rotatable bonds is 11. The molecule has 2 aliphatic heterocycles. The van der Waals surface area contributed by atoms with Gasteiger partial charge in [0.25, 0.3) is 11.7 Å². The molecule has 0 spiro atoms. The SMILES string of the molecule is C=CCOc1ccc([C@@H]2C(=C(O)c3ccc4c(c3)C[C@@H](C)O4)C(=O)C(=O)N2CCCn2ccnc2)cc1OCC. The number of nitrogens with zero attached hydrogens (tertiary/aromatic N) is 3. The highest BCUT2D eigenvalue weighted by molar-refractivity contribution is 6.46. The molecule has 0 saturated carbocycles. The highest BCUT2D eigenvalue weighted by Crippen LogP contribution is 2.43. The zero-order valence-electron chi connectivity index (χ0n) is 22.7. The lowest BCUT2D eigenvalue weighted by molar-refractivity contribution is -0.139. The molecule has 1 saturated heterocycles. The highest BCUT2D eigenvalue weighted by atomic mass is 16.5. The molecule has 9 heteroatoms. The number of carbonyl (C=O) groups is 2. The van der Waals surface area contributed by atoms with E-state index in [-0.39, 0.29) is 17.4 Å². The number of ketones is 1.